The molecule has 0 saturated carbocycles. The molecule has 0 bridgehead atoms. The lowest BCUT2D eigenvalue weighted by molar-refractivity contribution is -0.122. The van der Waals surface area contributed by atoms with Gasteiger partial charge in [0, 0.05) is 31.1 Å². The second kappa shape index (κ2) is 8.44. The van der Waals surface area contributed by atoms with Crippen LogP contribution < -0.4 is 16.4 Å². The van der Waals surface area contributed by atoms with Gasteiger partial charge in [-0.2, -0.15) is 0 Å². The predicted molar refractivity (Wildman–Crippen MR) is 69.6 cm³/mol. The van der Waals surface area contributed by atoms with Crippen molar-refractivity contribution in [2.45, 2.75) is 64.8 Å². The third-order valence-electron chi connectivity index (χ3n) is 2.38. The summed E-state index contributed by atoms with van der Waals surface area (Å²) in [6.45, 7) is 8.00. The van der Waals surface area contributed by atoms with E-state index in [1.807, 2.05) is 20.8 Å². The molecule has 0 rings (SSSR count). The molecular formula is C12H27N3O2. The molecule has 5 N–H and O–H groups in total. The Balaban J connectivity index is 4.02. The molecule has 102 valence electrons. The second-order valence-corrected chi connectivity index (χ2v) is 5.01. The number of nitrogens with one attached hydrogen (secondary N) is 2. The molecule has 0 radical (unpaired) electrons. The average Bonchev–Trinajstić information content (AvgIpc) is 2.13. The first kappa shape index (κ1) is 16.4. The molecular weight excluding hydrogens is 218 g/mol. The molecule has 0 aliphatic rings. The van der Waals surface area contributed by atoms with E-state index in [1.54, 1.807) is 6.92 Å². The highest BCUT2D eigenvalue weighted by Gasteiger charge is 2.16. The topological polar surface area (TPSA) is 87.4 Å². The highest BCUT2D eigenvalue weighted by atomic mass is 16.3. The lowest BCUT2D eigenvalue weighted by Crippen LogP contribution is -2.46. The SMILES string of the molecule is CC(O)CC(C)NC(CN)CC(=O)NC(C)C. The van der Waals surface area contributed by atoms with Gasteiger partial charge in [-0.25, -0.2) is 0 Å². The van der Waals surface area contributed by atoms with Gasteiger partial charge < -0.3 is 21.5 Å². The molecule has 3 unspecified atom stereocenters. The molecule has 1 amide bonds. The van der Waals surface area contributed by atoms with Crippen LogP contribution in [0.5, 0.6) is 0 Å². The summed E-state index contributed by atoms with van der Waals surface area (Å²) in [5.74, 6) is 0.00666. The van der Waals surface area contributed by atoms with Crippen molar-refractivity contribution < 1.29 is 9.90 Å². The molecule has 17 heavy (non-hydrogen) atoms. The van der Waals surface area contributed by atoms with Gasteiger partial charge in [-0.05, 0) is 34.1 Å². The van der Waals surface area contributed by atoms with Gasteiger partial charge in [0.25, 0.3) is 0 Å². The number of carbonyl (C=O) groups is 1. The second-order valence-electron chi connectivity index (χ2n) is 5.01. The number of aliphatic hydroxyl groups excluding tert-OH is 1. The van der Waals surface area contributed by atoms with Crippen molar-refractivity contribution >= 4 is 5.91 Å². The minimum Gasteiger partial charge on any atom is -0.393 e. The Hall–Kier alpha value is -0.650. The van der Waals surface area contributed by atoms with Gasteiger partial charge in [0.05, 0.1) is 6.10 Å². The fourth-order valence-corrected chi connectivity index (χ4v) is 1.80. The van der Waals surface area contributed by atoms with Crippen molar-refractivity contribution in [1.82, 2.24) is 10.6 Å². The van der Waals surface area contributed by atoms with E-state index in [0.717, 1.165) is 0 Å². The predicted octanol–water partition coefficient (Wildman–Crippen LogP) is -0.0226. The van der Waals surface area contributed by atoms with E-state index >= 15 is 0 Å². The largest absolute Gasteiger partial charge is 0.393 e. The van der Waals surface area contributed by atoms with Crippen LogP contribution in [0.2, 0.25) is 0 Å². The van der Waals surface area contributed by atoms with Gasteiger partial charge in [0.1, 0.15) is 0 Å². The molecule has 5 nitrogen and oxygen atoms in total. The molecule has 3 atom stereocenters. The number of aliphatic hydroxyl groups is 1. The number of hydrogen-bond donors (Lipinski definition) is 4. The van der Waals surface area contributed by atoms with E-state index in [1.165, 1.54) is 0 Å². The highest BCUT2D eigenvalue weighted by Crippen LogP contribution is 2.00. The van der Waals surface area contributed by atoms with Crippen molar-refractivity contribution in [3.63, 3.8) is 0 Å². The van der Waals surface area contributed by atoms with Crippen molar-refractivity contribution in [3.8, 4) is 0 Å². The van der Waals surface area contributed by atoms with Crippen LogP contribution in [0.4, 0.5) is 0 Å². The Morgan fingerprint density at radius 3 is 2.29 bits per heavy atom. The number of amides is 1. The zero-order chi connectivity index (χ0) is 13.4. The highest BCUT2D eigenvalue weighted by molar-refractivity contribution is 5.76. The minimum absolute atomic E-state index is 0.00666. The minimum atomic E-state index is -0.347. The Labute approximate surface area is 104 Å². The van der Waals surface area contributed by atoms with E-state index in [0.29, 0.717) is 19.4 Å². The molecule has 0 aromatic heterocycles. The Morgan fingerprint density at radius 2 is 1.88 bits per heavy atom. The zero-order valence-corrected chi connectivity index (χ0v) is 11.4. The van der Waals surface area contributed by atoms with Crippen molar-refractivity contribution in [2.24, 2.45) is 5.73 Å². The summed E-state index contributed by atoms with van der Waals surface area (Å²) >= 11 is 0. The fraction of sp³-hybridized carbons (Fsp3) is 0.917. The van der Waals surface area contributed by atoms with E-state index < -0.39 is 0 Å². The van der Waals surface area contributed by atoms with Crippen LogP contribution in [0.15, 0.2) is 0 Å². The van der Waals surface area contributed by atoms with Gasteiger partial charge in [0.15, 0.2) is 0 Å². The Morgan fingerprint density at radius 1 is 1.29 bits per heavy atom. The first-order valence-corrected chi connectivity index (χ1v) is 6.28. The van der Waals surface area contributed by atoms with Crippen molar-refractivity contribution in [1.29, 1.82) is 0 Å². The smallest absolute Gasteiger partial charge is 0.221 e. The summed E-state index contributed by atoms with van der Waals surface area (Å²) in [6, 6.07) is 0.258. The monoisotopic (exact) mass is 245 g/mol. The Kier molecular flexibility index (Phi) is 8.12. The van der Waals surface area contributed by atoms with E-state index in [-0.39, 0.29) is 30.1 Å². The molecule has 0 aromatic carbocycles. The van der Waals surface area contributed by atoms with Crippen LogP contribution in [0, 0.1) is 0 Å². The standard InChI is InChI=1S/C12H27N3O2/c1-8(2)14-12(17)6-11(7-13)15-9(3)5-10(4)16/h8-11,15-16H,5-7,13H2,1-4H3,(H,14,17). The quantitative estimate of drug-likeness (QED) is 0.484. The van der Waals surface area contributed by atoms with Crippen molar-refractivity contribution in [2.75, 3.05) is 6.54 Å². The van der Waals surface area contributed by atoms with Crippen LogP contribution in [-0.4, -0.2) is 41.8 Å². The molecule has 0 aliphatic carbocycles. The maximum atomic E-state index is 11.6. The van der Waals surface area contributed by atoms with Gasteiger partial charge in [-0.1, -0.05) is 0 Å². The van der Waals surface area contributed by atoms with E-state index in [9.17, 15) is 9.90 Å². The lowest BCUT2D eigenvalue weighted by Gasteiger charge is -2.23. The molecule has 0 saturated heterocycles. The molecule has 5 heteroatoms. The molecule has 0 heterocycles. The lowest BCUT2D eigenvalue weighted by atomic mass is 10.1. The first-order valence-electron chi connectivity index (χ1n) is 6.28. The molecule has 0 aliphatic heterocycles. The molecule has 0 spiro atoms. The van der Waals surface area contributed by atoms with Crippen LogP contribution >= 0.6 is 0 Å². The number of rotatable bonds is 8. The summed E-state index contributed by atoms with van der Waals surface area (Å²) in [5.41, 5.74) is 5.63. The maximum Gasteiger partial charge on any atom is 0.221 e. The maximum absolute atomic E-state index is 11.6. The van der Waals surface area contributed by atoms with Crippen molar-refractivity contribution in [3.05, 3.63) is 0 Å². The Bertz CT molecular complexity index is 220. The van der Waals surface area contributed by atoms with Gasteiger partial charge >= 0.3 is 0 Å². The molecule has 0 aromatic rings. The van der Waals surface area contributed by atoms with E-state index in [2.05, 4.69) is 10.6 Å². The first-order chi connectivity index (χ1) is 7.85. The van der Waals surface area contributed by atoms with Gasteiger partial charge in [0.2, 0.25) is 5.91 Å². The van der Waals surface area contributed by atoms with E-state index in [4.69, 9.17) is 5.73 Å². The summed E-state index contributed by atoms with van der Waals surface area (Å²) in [5, 5.41) is 15.4. The number of hydrogen-bond acceptors (Lipinski definition) is 4. The molecule has 0 fully saturated rings. The van der Waals surface area contributed by atoms with Gasteiger partial charge in [-0.15, -0.1) is 0 Å². The summed E-state index contributed by atoms with van der Waals surface area (Å²) in [4.78, 5) is 11.6. The normalized spacial score (nSPS) is 16.6. The average molecular weight is 245 g/mol. The third-order valence-corrected chi connectivity index (χ3v) is 2.38. The number of nitrogens with two attached hydrogens (primary N) is 1. The fourth-order valence-electron chi connectivity index (χ4n) is 1.80. The summed E-state index contributed by atoms with van der Waals surface area (Å²) in [6.07, 6.45) is 0.682. The number of carbonyl (C=O) groups excluding carboxylic acids is 1. The summed E-state index contributed by atoms with van der Waals surface area (Å²) < 4.78 is 0. The van der Waals surface area contributed by atoms with Crippen LogP contribution in [-0.2, 0) is 4.79 Å². The zero-order valence-electron chi connectivity index (χ0n) is 11.4. The van der Waals surface area contributed by atoms with Gasteiger partial charge in [-0.3, -0.25) is 4.79 Å². The van der Waals surface area contributed by atoms with Crippen LogP contribution in [0.25, 0.3) is 0 Å². The third kappa shape index (κ3) is 9.09. The van der Waals surface area contributed by atoms with Crippen LogP contribution in [0.1, 0.15) is 40.5 Å². The van der Waals surface area contributed by atoms with Crippen LogP contribution in [0.3, 0.4) is 0 Å². The summed E-state index contributed by atoms with van der Waals surface area (Å²) in [7, 11) is 0.